The van der Waals surface area contributed by atoms with Gasteiger partial charge in [0, 0.05) is 5.69 Å². The molecule has 0 aliphatic rings. The Balaban J connectivity index is 2.70. The molecule has 1 aromatic rings. The maximum Gasteiger partial charge on any atom is 0.326 e. The summed E-state index contributed by atoms with van der Waals surface area (Å²) in [6.45, 7) is 3.74. The van der Waals surface area contributed by atoms with E-state index in [9.17, 15) is 9.59 Å². The van der Waals surface area contributed by atoms with Crippen molar-refractivity contribution in [1.29, 1.82) is 5.26 Å². The van der Waals surface area contributed by atoms with Crippen molar-refractivity contribution in [1.82, 2.24) is 5.32 Å². The van der Waals surface area contributed by atoms with Gasteiger partial charge in [0.05, 0.1) is 10.6 Å². The second-order valence-electron chi connectivity index (χ2n) is 4.93. The summed E-state index contributed by atoms with van der Waals surface area (Å²) in [5.41, 5.74) is 0.677. The minimum atomic E-state index is -1.09. The van der Waals surface area contributed by atoms with Gasteiger partial charge in [-0.25, -0.2) is 9.59 Å². The lowest BCUT2D eigenvalue weighted by Gasteiger charge is -2.17. The lowest BCUT2D eigenvalue weighted by Crippen LogP contribution is -2.43. The van der Waals surface area contributed by atoms with Crippen LogP contribution >= 0.6 is 11.6 Å². The van der Waals surface area contributed by atoms with Gasteiger partial charge in [0.2, 0.25) is 0 Å². The number of nitrogens with one attached hydrogen (secondary N) is 2. The minimum Gasteiger partial charge on any atom is -0.480 e. The zero-order chi connectivity index (χ0) is 16.0. The van der Waals surface area contributed by atoms with Crippen LogP contribution in [0.2, 0.25) is 5.02 Å². The predicted octanol–water partition coefficient (Wildman–Crippen LogP) is 2.83. The van der Waals surface area contributed by atoms with Crippen LogP contribution in [0.1, 0.15) is 25.8 Å². The molecular weight excluding hydrogens is 294 g/mol. The average Bonchev–Trinajstić information content (AvgIpc) is 2.37. The third-order valence-electron chi connectivity index (χ3n) is 2.66. The van der Waals surface area contributed by atoms with Gasteiger partial charge in [-0.15, -0.1) is 0 Å². The largest absolute Gasteiger partial charge is 0.480 e. The smallest absolute Gasteiger partial charge is 0.326 e. The molecule has 1 unspecified atom stereocenters. The molecular formula is C14H16ClN3O3. The van der Waals surface area contributed by atoms with Gasteiger partial charge in [0.25, 0.3) is 0 Å². The zero-order valence-electron chi connectivity index (χ0n) is 11.7. The molecule has 0 bridgehead atoms. The van der Waals surface area contributed by atoms with Crippen LogP contribution in [-0.2, 0) is 4.79 Å². The highest BCUT2D eigenvalue weighted by atomic mass is 35.5. The van der Waals surface area contributed by atoms with E-state index >= 15 is 0 Å². The molecule has 21 heavy (non-hydrogen) atoms. The topological polar surface area (TPSA) is 102 Å². The van der Waals surface area contributed by atoms with E-state index in [-0.39, 0.29) is 10.9 Å². The Bertz CT molecular complexity index is 581. The Labute approximate surface area is 127 Å². The van der Waals surface area contributed by atoms with Crippen LogP contribution in [0.4, 0.5) is 10.5 Å². The van der Waals surface area contributed by atoms with Gasteiger partial charge in [0.1, 0.15) is 12.1 Å². The molecule has 0 fully saturated rings. The standard InChI is InChI=1S/C14H16ClN3O3/c1-8(2)5-12(13(19)20)18-14(21)17-10-4-3-9(7-16)11(15)6-10/h3-4,6,8,12H,5H2,1-2H3,(H,19,20)(H2,17,18,21). The molecule has 0 radical (unpaired) electrons. The molecule has 0 heterocycles. The van der Waals surface area contributed by atoms with Gasteiger partial charge in [-0.2, -0.15) is 5.26 Å². The first-order chi connectivity index (χ1) is 9.83. The molecule has 0 saturated heterocycles. The van der Waals surface area contributed by atoms with Crippen LogP contribution in [0.3, 0.4) is 0 Å². The zero-order valence-corrected chi connectivity index (χ0v) is 12.4. The molecule has 1 aromatic carbocycles. The maximum atomic E-state index is 11.8. The number of nitrogens with zero attached hydrogens (tertiary/aromatic N) is 1. The summed E-state index contributed by atoms with van der Waals surface area (Å²) in [4.78, 5) is 22.8. The number of hydrogen-bond donors (Lipinski definition) is 3. The van der Waals surface area contributed by atoms with Crippen molar-refractivity contribution in [2.45, 2.75) is 26.3 Å². The van der Waals surface area contributed by atoms with E-state index in [1.165, 1.54) is 18.2 Å². The van der Waals surface area contributed by atoms with Gasteiger partial charge in [-0.05, 0) is 30.5 Å². The molecule has 6 nitrogen and oxygen atoms in total. The summed E-state index contributed by atoms with van der Waals surface area (Å²) in [6, 6.07) is 4.73. The van der Waals surface area contributed by atoms with Crippen molar-refractivity contribution in [2.75, 3.05) is 5.32 Å². The van der Waals surface area contributed by atoms with Crippen molar-refractivity contribution in [2.24, 2.45) is 5.92 Å². The highest BCUT2D eigenvalue weighted by Crippen LogP contribution is 2.20. The average molecular weight is 310 g/mol. The first-order valence-corrected chi connectivity index (χ1v) is 6.71. The number of carbonyl (C=O) groups excluding carboxylic acids is 1. The fourth-order valence-corrected chi connectivity index (χ4v) is 1.92. The fourth-order valence-electron chi connectivity index (χ4n) is 1.70. The Kier molecular flexibility index (Phi) is 6.00. The number of rotatable bonds is 5. The highest BCUT2D eigenvalue weighted by molar-refractivity contribution is 6.32. The summed E-state index contributed by atoms with van der Waals surface area (Å²) in [5.74, 6) is -0.951. The highest BCUT2D eigenvalue weighted by Gasteiger charge is 2.21. The molecule has 1 atom stereocenters. The molecule has 3 N–H and O–H groups in total. The van der Waals surface area contributed by atoms with Crippen LogP contribution in [-0.4, -0.2) is 23.1 Å². The van der Waals surface area contributed by atoms with Gasteiger partial charge in [0.15, 0.2) is 0 Å². The molecule has 0 aliphatic heterocycles. The van der Waals surface area contributed by atoms with E-state index in [1.807, 2.05) is 19.9 Å². The van der Waals surface area contributed by atoms with Crippen molar-refractivity contribution >= 4 is 29.3 Å². The molecule has 0 aliphatic carbocycles. The summed E-state index contributed by atoms with van der Waals surface area (Å²) < 4.78 is 0. The first kappa shape index (κ1) is 16.8. The van der Waals surface area contributed by atoms with Crippen molar-refractivity contribution < 1.29 is 14.7 Å². The van der Waals surface area contributed by atoms with Crippen LogP contribution in [0, 0.1) is 17.2 Å². The maximum absolute atomic E-state index is 11.8. The van der Waals surface area contributed by atoms with E-state index in [1.54, 1.807) is 0 Å². The Morgan fingerprint density at radius 1 is 1.43 bits per heavy atom. The summed E-state index contributed by atoms with van der Waals surface area (Å²) in [6.07, 6.45) is 0.330. The van der Waals surface area contributed by atoms with Crippen LogP contribution in [0.5, 0.6) is 0 Å². The number of halogens is 1. The fraction of sp³-hybridized carbons (Fsp3) is 0.357. The van der Waals surface area contributed by atoms with E-state index in [2.05, 4.69) is 10.6 Å². The lowest BCUT2D eigenvalue weighted by molar-refractivity contribution is -0.139. The van der Waals surface area contributed by atoms with Crippen LogP contribution < -0.4 is 10.6 Å². The van der Waals surface area contributed by atoms with Crippen molar-refractivity contribution in [3.05, 3.63) is 28.8 Å². The van der Waals surface area contributed by atoms with Gasteiger partial charge in [-0.1, -0.05) is 25.4 Å². The first-order valence-electron chi connectivity index (χ1n) is 6.33. The molecule has 1 rings (SSSR count). The number of carbonyl (C=O) groups is 2. The molecule has 0 saturated carbocycles. The number of aliphatic carboxylic acids is 1. The normalized spacial score (nSPS) is 11.6. The monoisotopic (exact) mass is 309 g/mol. The minimum absolute atomic E-state index is 0.135. The number of anilines is 1. The lowest BCUT2D eigenvalue weighted by atomic mass is 10.0. The molecule has 0 aromatic heterocycles. The van der Waals surface area contributed by atoms with E-state index < -0.39 is 18.0 Å². The SMILES string of the molecule is CC(C)CC(NC(=O)Nc1ccc(C#N)c(Cl)c1)C(=O)O. The number of carboxylic acid groups (broad SMARTS) is 1. The predicted molar refractivity (Wildman–Crippen MR) is 79.2 cm³/mol. The molecule has 7 heteroatoms. The summed E-state index contributed by atoms with van der Waals surface area (Å²) in [5, 5.41) is 22.9. The Morgan fingerprint density at radius 2 is 2.10 bits per heavy atom. The van der Waals surface area contributed by atoms with E-state index in [0.29, 0.717) is 17.7 Å². The summed E-state index contributed by atoms with van der Waals surface area (Å²) >= 11 is 5.85. The van der Waals surface area contributed by atoms with Crippen LogP contribution in [0.25, 0.3) is 0 Å². The number of nitriles is 1. The van der Waals surface area contributed by atoms with E-state index in [0.717, 1.165) is 0 Å². The second-order valence-corrected chi connectivity index (χ2v) is 5.33. The van der Waals surface area contributed by atoms with Crippen molar-refractivity contribution in [3.8, 4) is 6.07 Å². The number of amides is 2. The number of urea groups is 1. The molecule has 112 valence electrons. The summed E-state index contributed by atoms with van der Waals surface area (Å²) in [7, 11) is 0. The molecule has 0 spiro atoms. The Morgan fingerprint density at radius 3 is 2.57 bits per heavy atom. The number of benzene rings is 1. The van der Waals surface area contributed by atoms with Gasteiger partial charge >= 0.3 is 12.0 Å². The van der Waals surface area contributed by atoms with Crippen molar-refractivity contribution in [3.63, 3.8) is 0 Å². The Hall–Kier alpha value is -2.26. The quantitative estimate of drug-likeness (QED) is 0.778. The van der Waals surface area contributed by atoms with Gasteiger partial charge in [-0.3, -0.25) is 0 Å². The number of carboxylic acids is 1. The van der Waals surface area contributed by atoms with E-state index in [4.69, 9.17) is 22.0 Å². The third-order valence-corrected chi connectivity index (χ3v) is 2.97. The van der Waals surface area contributed by atoms with Gasteiger partial charge < -0.3 is 15.7 Å². The third kappa shape index (κ3) is 5.32. The number of hydrogen-bond acceptors (Lipinski definition) is 3. The second kappa shape index (κ2) is 7.50. The van der Waals surface area contributed by atoms with Crippen LogP contribution in [0.15, 0.2) is 18.2 Å². The molecule has 2 amide bonds.